The Morgan fingerprint density at radius 2 is 1.55 bits per heavy atom. The number of piperidine rings is 3. The number of hydrogen-bond acceptors (Lipinski definition) is 3. The first-order valence-corrected chi connectivity index (χ1v) is 12.5. The lowest BCUT2D eigenvalue weighted by Gasteiger charge is -2.54. The largest absolute Gasteiger partial charge is 0.496 e. The van der Waals surface area contributed by atoms with Crippen molar-refractivity contribution in [3.63, 3.8) is 0 Å². The van der Waals surface area contributed by atoms with Gasteiger partial charge in [-0.25, -0.2) is 0 Å². The summed E-state index contributed by atoms with van der Waals surface area (Å²) in [6.07, 6.45) is 3.62. The second-order valence-electron chi connectivity index (χ2n) is 9.57. The van der Waals surface area contributed by atoms with E-state index >= 15 is 0 Å². The minimum absolute atomic E-state index is 0.358. The van der Waals surface area contributed by atoms with Crippen LogP contribution in [0.4, 0.5) is 0 Å². The normalized spacial score (nSPS) is 24.2. The topological polar surface area (TPSA) is 24.5 Å². The summed E-state index contributed by atoms with van der Waals surface area (Å²) in [6.45, 7) is 5.47. The van der Waals surface area contributed by atoms with E-state index in [9.17, 15) is 0 Å². The summed E-state index contributed by atoms with van der Waals surface area (Å²) in [4.78, 5) is 2.75. The maximum atomic E-state index is 5.71. The first-order chi connectivity index (χ1) is 16.3. The minimum atomic E-state index is 0.358. The Morgan fingerprint density at radius 1 is 0.909 bits per heavy atom. The Labute approximate surface area is 198 Å². The SMILES string of the molecule is CCc1ccc(OC)c(CN[C@H]2C3CCN(CC3)[C@H]2C(c2ccccc2)c2ccccc2)c1. The second kappa shape index (κ2) is 10.1. The van der Waals surface area contributed by atoms with Gasteiger partial charge in [0.25, 0.3) is 0 Å². The molecule has 0 saturated carbocycles. The average molecular weight is 441 g/mol. The van der Waals surface area contributed by atoms with Crippen molar-refractivity contribution in [1.29, 1.82) is 0 Å². The quantitative estimate of drug-likeness (QED) is 0.490. The third-order valence-electron chi connectivity index (χ3n) is 7.81. The van der Waals surface area contributed by atoms with Crippen molar-refractivity contribution in [2.75, 3.05) is 20.2 Å². The highest BCUT2D eigenvalue weighted by Gasteiger charge is 2.46. The van der Waals surface area contributed by atoms with Gasteiger partial charge in [-0.1, -0.05) is 79.7 Å². The predicted octanol–water partition coefficient (Wildman–Crippen LogP) is 5.64. The molecule has 3 saturated heterocycles. The molecule has 0 spiro atoms. The van der Waals surface area contributed by atoms with Crippen molar-refractivity contribution < 1.29 is 4.74 Å². The predicted molar refractivity (Wildman–Crippen MR) is 136 cm³/mol. The Balaban J connectivity index is 1.48. The molecule has 0 amide bonds. The van der Waals surface area contributed by atoms with Crippen molar-refractivity contribution in [2.24, 2.45) is 5.92 Å². The maximum absolute atomic E-state index is 5.71. The summed E-state index contributed by atoms with van der Waals surface area (Å²) in [5.74, 6) is 2.06. The van der Waals surface area contributed by atoms with E-state index in [1.807, 2.05) is 0 Å². The van der Waals surface area contributed by atoms with Gasteiger partial charge < -0.3 is 10.1 Å². The Kier molecular flexibility index (Phi) is 6.80. The molecule has 3 fully saturated rings. The molecule has 6 rings (SSSR count). The first-order valence-electron chi connectivity index (χ1n) is 12.5. The molecule has 3 nitrogen and oxygen atoms in total. The number of ether oxygens (including phenoxy) is 1. The number of fused-ring (bicyclic) bond motifs is 3. The van der Waals surface area contributed by atoms with Crippen LogP contribution in [-0.2, 0) is 13.0 Å². The highest BCUT2D eigenvalue weighted by atomic mass is 16.5. The first kappa shape index (κ1) is 22.2. The molecule has 0 unspecified atom stereocenters. The molecule has 3 aliphatic heterocycles. The monoisotopic (exact) mass is 440 g/mol. The number of nitrogens with one attached hydrogen (secondary N) is 1. The van der Waals surface area contributed by atoms with Crippen LogP contribution in [0.15, 0.2) is 78.9 Å². The third-order valence-corrected chi connectivity index (χ3v) is 7.81. The molecule has 172 valence electrons. The van der Waals surface area contributed by atoms with Crippen molar-refractivity contribution in [3.05, 3.63) is 101 Å². The zero-order valence-corrected chi connectivity index (χ0v) is 19.9. The molecular weight excluding hydrogens is 404 g/mol. The van der Waals surface area contributed by atoms with Gasteiger partial charge in [-0.2, -0.15) is 0 Å². The number of rotatable bonds is 8. The van der Waals surface area contributed by atoms with Crippen LogP contribution in [0.1, 0.15) is 47.9 Å². The molecule has 2 atom stereocenters. The van der Waals surface area contributed by atoms with Crippen LogP contribution in [0.2, 0.25) is 0 Å². The van der Waals surface area contributed by atoms with Gasteiger partial charge in [0.2, 0.25) is 0 Å². The molecule has 2 bridgehead atoms. The summed E-state index contributed by atoms with van der Waals surface area (Å²) >= 11 is 0. The lowest BCUT2D eigenvalue weighted by Crippen LogP contribution is -2.64. The van der Waals surface area contributed by atoms with Crippen molar-refractivity contribution in [3.8, 4) is 5.75 Å². The molecule has 0 aromatic heterocycles. The summed E-state index contributed by atoms with van der Waals surface area (Å²) in [5.41, 5.74) is 5.46. The lowest BCUT2D eigenvalue weighted by atomic mass is 9.70. The van der Waals surface area contributed by atoms with E-state index in [0.717, 1.165) is 24.6 Å². The molecule has 33 heavy (non-hydrogen) atoms. The molecule has 3 aliphatic rings. The van der Waals surface area contributed by atoms with Gasteiger partial charge in [-0.05, 0) is 61.0 Å². The lowest BCUT2D eigenvalue weighted by molar-refractivity contribution is 0.00462. The number of hydrogen-bond donors (Lipinski definition) is 1. The highest BCUT2D eigenvalue weighted by Crippen LogP contribution is 2.42. The van der Waals surface area contributed by atoms with Crippen molar-refractivity contribution >= 4 is 0 Å². The third kappa shape index (κ3) is 4.58. The van der Waals surface area contributed by atoms with Crippen LogP contribution in [0.25, 0.3) is 0 Å². The van der Waals surface area contributed by atoms with Crippen LogP contribution < -0.4 is 10.1 Å². The van der Waals surface area contributed by atoms with E-state index in [0.29, 0.717) is 18.0 Å². The van der Waals surface area contributed by atoms with Gasteiger partial charge in [0.1, 0.15) is 5.75 Å². The Hall–Kier alpha value is -2.62. The van der Waals surface area contributed by atoms with E-state index in [1.165, 1.54) is 48.2 Å². The van der Waals surface area contributed by atoms with Gasteiger partial charge in [0.15, 0.2) is 0 Å². The van der Waals surface area contributed by atoms with Crippen molar-refractivity contribution in [1.82, 2.24) is 10.2 Å². The van der Waals surface area contributed by atoms with Crippen LogP contribution in [-0.4, -0.2) is 37.2 Å². The van der Waals surface area contributed by atoms with Crippen LogP contribution in [0, 0.1) is 5.92 Å². The molecule has 3 aromatic carbocycles. The van der Waals surface area contributed by atoms with Gasteiger partial charge in [0.05, 0.1) is 7.11 Å². The molecule has 0 aliphatic carbocycles. The number of nitrogens with zero attached hydrogens (tertiary/aromatic N) is 1. The smallest absolute Gasteiger partial charge is 0.123 e. The molecule has 3 aromatic rings. The van der Waals surface area contributed by atoms with Gasteiger partial charge in [0, 0.05) is 30.1 Å². The van der Waals surface area contributed by atoms with Crippen LogP contribution in [0.5, 0.6) is 5.75 Å². The van der Waals surface area contributed by atoms with Crippen molar-refractivity contribution in [2.45, 2.75) is 50.7 Å². The zero-order chi connectivity index (χ0) is 22.6. The molecular formula is C30H36N2O. The average Bonchev–Trinajstić information content (AvgIpc) is 2.90. The summed E-state index contributed by atoms with van der Waals surface area (Å²) < 4.78 is 5.71. The number of aryl methyl sites for hydroxylation is 1. The number of benzene rings is 3. The fourth-order valence-corrected chi connectivity index (χ4v) is 6.11. The summed E-state index contributed by atoms with van der Waals surface area (Å²) in [5, 5.41) is 4.04. The van der Waals surface area contributed by atoms with Gasteiger partial charge in [-0.15, -0.1) is 0 Å². The van der Waals surface area contributed by atoms with E-state index in [2.05, 4.69) is 96.0 Å². The van der Waals surface area contributed by atoms with Gasteiger partial charge >= 0.3 is 0 Å². The van der Waals surface area contributed by atoms with E-state index in [-0.39, 0.29) is 0 Å². The standard InChI is InChI=1S/C30H36N2O/c1-3-22-14-15-27(33-2)26(20-22)21-31-29-25-16-18-32(19-17-25)30(29)28(23-10-6-4-7-11-23)24-12-8-5-9-13-24/h4-15,20,25,28-31H,3,16-19,21H2,1-2H3/t29-,30-/m0/s1. The van der Waals surface area contributed by atoms with Crippen LogP contribution in [0.3, 0.4) is 0 Å². The van der Waals surface area contributed by atoms with E-state index in [1.54, 1.807) is 7.11 Å². The molecule has 1 N–H and O–H groups in total. The van der Waals surface area contributed by atoms with E-state index < -0.39 is 0 Å². The molecule has 0 radical (unpaired) electrons. The van der Waals surface area contributed by atoms with Crippen LogP contribution >= 0.6 is 0 Å². The summed E-state index contributed by atoms with van der Waals surface area (Å²) in [7, 11) is 1.78. The molecule has 3 heteroatoms. The minimum Gasteiger partial charge on any atom is -0.496 e. The fourth-order valence-electron chi connectivity index (χ4n) is 6.11. The summed E-state index contributed by atoms with van der Waals surface area (Å²) in [6, 6.07) is 29.8. The highest BCUT2D eigenvalue weighted by molar-refractivity contribution is 5.38. The molecule has 3 heterocycles. The second-order valence-corrected chi connectivity index (χ2v) is 9.57. The zero-order valence-electron chi connectivity index (χ0n) is 19.9. The van der Waals surface area contributed by atoms with E-state index in [4.69, 9.17) is 4.74 Å². The maximum Gasteiger partial charge on any atom is 0.123 e. The number of methoxy groups -OCH3 is 1. The van der Waals surface area contributed by atoms with Gasteiger partial charge in [-0.3, -0.25) is 4.90 Å². The Bertz CT molecular complexity index is 988. The fraction of sp³-hybridized carbons (Fsp3) is 0.400. The Morgan fingerprint density at radius 3 is 2.12 bits per heavy atom.